The van der Waals surface area contributed by atoms with Crippen LogP contribution in [0.5, 0.6) is 0 Å². The fourth-order valence-electron chi connectivity index (χ4n) is 1.81. The van der Waals surface area contributed by atoms with Crippen molar-refractivity contribution in [3.63, 3.8) is 0 Å². The Morgan fingerprint density at radius 1 is 1.28 bits per heavy atom. The Hall–Kier alpha value is -1.77. The van der Waals surface area contributed by atoms with Gasteiger partial charge in [0.05, 0.1) is 13.2 Å². The van der Waals surface area contributed by atoms with Crippen molar-refractivity contribution in [3.8, 4) is 11.4 Å². The molecule has 2 heterocycles. The smallest absolute Gasteiger partial charge is 0.273 e. The van der Waals surface area contributed by atoms with Gasteiger partial charge < -0.3 is 4.74 Å². The van der Waals surface area contributed by atoms with Crippen LogP contribution in [0.3, 0.4) is 0 Å². The van der Waals surface area contributed by atoms with Crippen molar-refractivity contribution in [2.45, 2.75) is 18.4 Å². The van der Waals surface area contributed by atoms with Gasteiger partial charge in [-0.25, -0.2) is 18.7 Å². The third-order valence-corrected chi connectivity index (χ3v) is 3.44. The molecule has 0 amide bonds. The zero-order chi connectivity index (χ0) is 12.8. The number of rotatable bonds is 2. The average molecular weight is 266 g/mol. The fourth-order valence-corrected chi connectivity index (χ4v) is 2.20. The first-order chi connectivity index (χ1) is 8.54. The van der Waals surface area contributed by atoms with Gasteiger partial charge in [0, 0.05) is 5.56 Å². The molecule has 3 rings (SSSR count). The Morgan fingerprint density at radius 2 is 2.06 bits per heavy atom. The number of fused-ring (bicyclic) bond motifs is 1. The van der Waals surface area contributed by atoms with Gasteiger partial charge in [-0.05, 0) is 17.2 Å². The van der Waals surface area contributed by atoms with Crippen LogP contribution in [0.25, 0.3) is 11.4 Å². The first kappa shape index (κ1) is 11.3. The molecule has 18 heavy (non-hydrogen) atoms. The molecule has 7 nitrogen and oxygen atoms in total. The maximum Gasteiger partial charge on any atom is 0.273 e. The molecular formula is C10H10N4O3S. The van der Waals surface area contributed by atoms with Crippen molar-refractivity contribution in [1.29, 1.82) is 0 Å². The number of nitrogens with zero attached hydrogens (tertiary/aromatic N) is 2. The Kier molecular flexibility index (Phi) is 2.44. The fraction of sp³-hybridized carbons (Fsp3) is 0.200. The number of aromatic nitrogens is 3. The van der Waals surface area contributed by atoms with Crippen LogP contribution in [0, 0.1) is 0 Å². The van der Waals surface area contributed by atoms with E-state index in [0.29, 0.717) is 19.0 Å². The standard InChI is InChI=1S/C10H10N4O3S/c11-18(15,16)10-12-9(13-14-10)6-1-2-7-4-17-5-8(7)3-6/h1-3H,4-5H2,(H2,11,15,16)(H,12,13,14). The summed E-state index contributed by atoms with van der Waals surface area (Å²) in [5.41, 5.74) is 2.92. The topological polar surface area (TPSA) is 111 Å². The lowest BCUT2D eigenvalue weighted by molar-refractivity contribution is 0.134. The molecule has 0 saturated carbocycles. The molecule has 1 aliphatic heterocycles. The van der Waals surface area contributed by atoms with Crippen LogP contribution in [0.2, 0.25) is 0 Å². The maximum atomic E-state index is 11.1. The molecule has 0 bridgehead atoms. The minimum Gasteiger partial charge on any atom is -0.372 e. The highest BCUT2D eigenvalue weighted by atomic mass is 32.2. The molecule has 0 saturated heterocycles. The zero-order valence-corrected chi connectivity index (χ0v) is 10.1. The van der Waals surface area contributed by atoms with Crippen LogP contribution in [-0.4, -0.2) is 23.6 Å². The van der Waals surface area contributed by atoms with Crippen LogP contribution < -0.4 is 5.14 Å². The molecule has 1 aliphatic rings. The highest BCUT2D eigenvalue weighted by molar-refractivity contribution is 7.89. The van der Waals surface area contributed by atoms with E-state index >= 15 is 0 Å². The van der Waals surface area contributed by atoms with Crippen molar-refractivity contribution in [2.75, 3.05) is 0 Å². The number of H-pyrrole nitrogens is 1. The lowest BCUT2D eigenvalue weighted by Crippen LogP contribution is -2.13. The Bertz CT molecular complexity index is 708. The summed E-state index contributed by atoms with van der Waals surface area (Å²) in [7, 11) is -3.86. The molecule has 2 aromatic rings. The third-order valence-electron chi connectivity index (χ3n) is 2.71. The number of nitrogens with one attached hydrogen (secondary N) is 1. The number of benzene rings is 1. The van der Waals surface area contributed by atoms with Gasteiger partial charge in [-0.1, -0.05) is 12.1 Å². The molecule has 0 radical (unpaired) electrons. The number of nitrogens with two attached hydrogens (primary N) is 1. The van der Waals surface area contributed by atoms with Crippen molar-refractivity contribution >= 4 is 10.0 Å². The Morgan fingerprint density at radius 3 is 2.78 bits per heavy atom. The summed E-state index contributed by atoms with van der Waals surface area (Å²) >= 11 is 0. The Labute approximate surface area is 103 Å². The van der Waals surface area contributed by atoms with Crippen LogP contribution in [0.4, 0.5) is 0 Å². The lowest BCUT2D eigenvalue weighted by Gasteiger charge is -1.99. The molecule has 0 aliphatic carbocycles. The van der Waals surface area contributed by atoms with E-state index in [4.69, 9.17) is 9.88 Å². The van der Waals surface area contributed by atoms with Gasteiger partial charge in [-0.15, -0.1) is 0 Å². The predicted molar refractivity (Wildman–Crippen MR) is 61.7 cm³/mol. The minimum atomic E-state index is -3.86. The van der Waals surface area contributed by atoms with Crippen LogP contribution >= 0.6 is 0 Å². The van der Waals surface area contributed by atoms with E-state index in [1.807, 2.05) is 18.2 Å². The van der Waals surface area contributed by atoms with Crippen LogP contribution in [-0.2, 0) is 28.0 Å². The van der Waals surface area contributed by atoms with Crippen molar-refractivity contribution < 1.29 is 13.2 Å². The van der Waals surface area contributed by atoms with Gasteiger partial charge >= 0.3 is 0 Å². The third kappa shape index (κ3) is 1.90. The van der Waals surface area contributed by atoms with E-state index in [0.717, 1.165) is 16.7 Å². The van der Waals surface area contributed by atoms with Crippen LogP contribution in [0.15, 0.2) is 23.4 Å². The molecule has 1 aromatic carbocycles. The highest BCUT2D eigenvalue weighted by Gasteiger charge is 2.17. The maximum absolute atomic E-state index is 11.1. The van der Waals surface area contributed by atoms with Crippen LogP contribution in [0.1, 0.15) is 11.1 Å². The highest BCUT2D eigenvalue weighted by Crippen LogP contribution is 2.25. The SMILES string of the molecule is NS(=O)(=O)c1nc(-c2ccc3c(c2)COC3)n[nH]1. The van der Waals surface area contributed by atoms with Gasteiger partial charge in [-0.2, -0.15) is 10.1 Å². The zero-order valence-electron chi connectivity index (χ0n) is 9.25. The Balaban J connectivity index is 2.03. The second kappa shape index (κ2) is 3.87. The van der Waals surface area contributed by atoms with Crippen molar-refractivity contribution in [2.24, 2.45) is 5.14 Å². The van der Waals surface area contributed by atoms with Gasteiger partial charge in [0.1, 0.15) is 0 Å². The van der Waals surface area contributed by atoms with E-state index < -0.39 is 10.0 Å². The van der Waals surface area contributed by atoms with Crippen molar-refractivity contribution in [3.05, 3.63) is 29.3 Å². The summed E-state index contributed by atoms with van der Waals surface area (Å²) in [6.07, 6.45) is 0. The number of primary sulfonamides is 1. The molecule has 3 N–H and O–H groups in total. The van der Waals surface area contributed by atoms with Gasteiger partial charge in [-0.3, -0.25) is 0 Å². The molecule has 94 valence electrons. The normalized spacial score (nSPS) is 14.7. The summed E-state index contributed by atoms with van der Waals surface area (Å²) in [4.78, 5) is 3.86. The number of hydrogen-bond donors (Lipinski definition) is 2. The largest absolute Gasteiger partial charge is 0.372 e. The van der Waals surface area contributed by atoms with E-state index in [1.165, 1.54) is 0 Å². The quantitative estimate of drug-likeness (QED) is 0.803. The van der Waals surface area contributed by atoms with E-state index in [9.17, 15) is 8.42 Å². The first-order valence-electron chi connectivity index (χ1n) is 5.19. The summed E-state index contributed by atoms with van der Waals surface area (Å²) in [5.74, 6) is 0.300. The molecular weight excluding hydrogens is 256 g/mol. The summed E-state index contributed by atoms with van der Waals surface area (Å²) < 4.78 is 27.5. The second-order valence-electron chi connectivity index (χ2n) is 3.99. The summed E-state index contributed by atoms with van der Waals surface area (Å²) in [6, 6.07) is 5.63. The van der Waals surface area contributed by atoms with E-state index in [-0.39, 0.29) is 5.16 Å². The van der Waals surface area contributed by atoms with Gasteiger partial charge in [0.25, 0.3) is 15.2 Å². The molecule has 8 heteroatoms. The number of sulfonamides is 1. The number of ether oxygens (including phenoxy) is 1. The second-order valence-corrected chi connectivity index (χ2v) is 5.46. The first-order valence-corrected chi connectivity index (χ1v) is 6.74. The van der Waals surface area contributed by atoms with Gasteiger partial charge in [0.2, 0.25) is 0 Å². The van der Waals surface area contributed by atoms with E-state index in [1.54, 1.807) is 0 Å². The lowest BCUT2D eigenvalue weighted by atomic mass is 10.1. The minimum absolute atomic E-state index is 0.300. The van der Waals surface area contributed by atoms with E-state index in [2.05, 4.69) is 15.2 Å². The molecule has 0 atom stereocenters. The molecule has 0 unspecified atom stereocenters. The monoisotopic (exact) mass is 266 g/mol. The van der Waals surface area contributed by atoms with Crippen molar-refractivity contribution in [1.82, 2.24) is 15.2 Å². The molecule has 1 aromatic heterocycles. The summed E-state index contributed by atoms with van der Waals surface area (Å²) in [5, 5.41) is 10.8. The number of hydrogen-bond acceptors (Lipinski definition) is 5. The molecule has 0 fully saturated rings. The van der Waals surface area contributed by atoms with Gasteiger partial charge in [0.15, 0.2) is 5.82 Å². The predicted octanol–water partition coefficient (Wildman–Crippen LogP) is 0.149. The summed E-state index contributed by atoms with van der Waals surface area (Å²) in [6.45, 7) is 1.15. The number of aromatic amines is 1. The molecule has 0 spiro atoms. The average Bonchev–Trinajstić information content (AvgIpc) is 2.96.